The van der Waals surface area contributed by atoms with Gasteiger partial charge in [-0.15, -0.1) is 0 Å². The van der Waals surface area contributed by atoms with Crippen molar-refractivity contribution >= 4 is 33.3 Å². The number of carboxylic acids is 1. The van der Waals surface area contributed by atoms with Crippen LogP contribution in [0.25, 0.3) is 0 Å². The summed E-state index contributed by atoms with van der Waals surface area (Å²) in [6.07, 6.45) is 0. The van der Waals surface area contributed by atoms with Gasteiger partial charge in [-0.3, -0.25) is 5.43 Å². The average Bonchev–Trinajstić information content (AvgIpc) is 2.24. The van der Waals surface area contributed by atoms with Crippen molar-refractivity contribution in [2.75, 3.05) is 5.43 Å². The smallest absolute Gasteiger partial charge is 0.351 e. The number of carbonyl (C=O) groups is 1. The van der Waals surface area contributed by atoms with E-state index in [-0.39, 0.29) is 15.9 Å². The van der Waals surface area contributed by atoms with Gasteiger partial charge in [0, 0.05) is 0 Å². The van der Waals surface area contributed by atoms with Crippen molar-refractivity contribution in [1.82, 2.24) is 0 Å². The highest BCUT2D eigenvalue weighted by Gasteiger charge is 2.11. The first-order valence-corrected chi connectivity index (χ1v) is 4.90. The molecule has 0 radical (unpaired) electrons. The van der Waals surface area contributed by atoms with Crippen LogP contribution in [0, 0.1) is 11.6 Å². The van der Waals surface area contributed by atoms with Gasteiger partial charge in [-0.2, -0.15) is 5.10 Å². The van der Waals surface area contributed by atoms with Gasteiger partial charge < -0.3 is 5.11 Å². The van der Waals surface area contributed by atoms with Crippen LogP contribution in [0.2, 0.25) is 0 Å². The molecule has 0 heterocycles. The number of hydrogen-bond acceptors (Lipinski definition) is 3. The molecule has 0 aliphatic heterocycles. The summed E-state index contributed by atoms with van der Waals surface area (Å²) in [7, 11) is 0. The molecule has 2 N–H and O–H groups in total. The van der Waals surface area contributed by atoms with Gasteiger partial charge in [0.1, 0.15) is 5.71 Å². The molecule has 0 aromatic heterocycles. The summed E-state index contributed by atoms with van der Waals surface area (Å²) in [5.74, 6) is -3.27. The highest BCUT2D eigenvalue weighted by atomic mass is 79.9. The Balaban J connectivity index is 2.96. The lowest BCUT2D eigenvalue weighted by Gasteiger charge is -2.05. The van der Waals surface area contributed by atoms with Crippen LogP contribution < -0.4 is 5.43 Å². The fourth-order valence-electron chi connectivity index (χ4n) is 0.804. The Bertz CT molecular complexity index is 463. The summed E-state index contributed by atoms with van der Waals surface area (Å²) in [5, 5.41) is 12.0. The van der Waals surface area contributed by atoms with Crippen LogP contribution in [-0.2, 0) is 4.79 Å². The zero-order valence-corrected chi connectivity index (χ0v) is 9.68. The van der Waals surface area contributed by atoms with Crippen LogP contribution in [0.15, 0.2) is 21.7 Å². The topological polar surface area (TPSA) is 61.7 Å². The molecule has 86 valence electrons. The molecule has 16 heavy (non-hydrogen) atoms. The molecule has 0 fully saturated rings. The molecule has 4 nitrogen and oxygen atoms in total. The number of rotatable bonds is 3. The quantitative estimate of drug-likeness (QED) is 0.511. The van der Waals surface area contributed by atoms with Gasteiger partial charge in [0.25, 0.3) is 0 Å². The van der Waals surface area contributed by atoms with Crippen molar-refractivity contribution in [3.63, 3.8) is 0 Å². The monoisotopic (exact) mass is 292 g/mol. The van der Waals surface area contributed by atoms with E-state index < -0.39 is 17.6 Å². The first-order chi connectivity index (χ1) is 7.43. The maximum absolute atomic E-state index is 13.0. The van der Waals surface area contributed by atoms with E-state index in [1.165, 1.54) is 13.0 Å². The molecule has 1 aromatic rings. The van der Waals surface area contributed by atoms with Crippen LogP contribution in [0.5, 0.6) is 0 Å². The number of anilines is 1. The normalized spacial score (nSPS) is 11.4. The minimum Gasteiger partial charge on any atom is -0.477 e. The van der Waals surface area contributed by atoms with E-state index in [9.17, 15) is 13.6 Å². The molecule has 0 aliphatic carbocycles. The van der Waals surface area contributed by atoms with Gasteiger partial charge in [0.05, 0.1) is 10.2 Å². The number of carboxylic acid groups (broad SMARTS) is 1. The Labute approximate surface area is 98.1 Å². The minimum absolute atomic E-state index is 0.138. The van der Waals surface area contributed by atoms with E-state index in [4.69, 9.17) is 5.11 Å². The minimum atomic E-state index is -1.20. The fraction of sp³-hybridized carbons (Fsp3) is 0.111. The number of hydrogen-bond donors (Lipinski definition) is 2. The van der Waals surface area contributed by atoms with Crippen LogP contribution >= 0.6 is 15.9 Å². The molecule has 0 spiro atoms. The van der Waals surface area contributed by atoms with Crippen LogP contribution in [-0.4, -0.2) is 16.8 Å². The molecule has 1 rings (SSSR count). The Hall–Kier alpha value is -1.50. The number of nitrogens with zero attached hydrogens (tertiary/aromatic N) is 1. The predicted octanol–water partition coefficient (Wildman–Crippen LogP) is 2.60. The van der Waals surface area contributed by atoms with E-state index >= 15 is 0 Å². The zero-order chi connectivity index (χ0) is 12.3. The van der Waals surface area contributed by atoms with Crippen molar-refractivity contribution < 1.29 is 18.7 Å². The average molecular weight is 293 g/mol. The second-order valence-corrected chi connectivity index (χ2v) is 3.63. The van der Waals surface area contributed by atoms with Crippen molar-refractivity contribution in [3.8, 4) is 0 Å². The van der Waals surface area contributed by atoms with Gasteiger partial charge in [-0.25, -0.2) is 13.6 Å². The zero-order valence-electron chi connectivity index (χ0n) is 8.09. The summed E-state index contributed by atoms with van der Waals surface area (Å²) in [6, 6.07) is 2.15. The van der Waals surface area contributed by atoms with Gasteiger partial charge >= 0.3 is 5.97 Å². The summed E-state index contributed by atoms with van der Waals surface area (Å²) in [5.41, 5.74) is 2.26. The molecule has 1 aromatic carbocycles. The van der Waals surface area contributed by atoms with Crippen molar-refractivity contribution in [1.29, 1.82) is 0 Å². The molecular weight excluding hydrogens is 286 g/mol. The first kappa shape index (κ1) is 12.6. The largest absolute Gasteiger partial charge is 0.477 e. The molecule has 0 unspecified atom stereocenters. The SMILES string of the molecule is C/C(=N/Nc1ccc(F)c(F)c1Br)C(=O)O. The van der Waals surface area contributed by atoms with Gasteiger partial charge in [0.15, 0.2) is 11.6 Å². The van der Waals surface area contributed by atoms with Gasteiger partial charge in [-0.1, -0.05) is 0 Å². The molecule has 0 bridgehead atoms. The van der Waals surface area contributed by atoms with E-state index in [0.29, 0.717) is 0 Å². The number of halogens is 3. The third kappa shape index (κ3) is 2.75. The molecule has 0 amide bonds. The fourth-order valence-corrected chi connectivity index (χ4v) is 1.21. The molecular formula is C9H7BrF2N2O2. The van der Waals surface area contributed by atoms with E-state index in [0.717, 1.165) is 6.07 Å². The summed E-state index contributed by atoms with van der Waals surface area (Å²) >= 11 is 2.82. The van der Waals surface area contributed by atoms with Gasteiger partial charge in [0.2, 0.25) is 0 Å². The lowest BCUT2D eigenvalue weighted by Crippen LogP contribution is -2.10. The predicted molar refractivity (Wildman–Crippen MR) is 58.4 cm³/mol. The highest BCUT2D eigenvalue weighted by molar-refractivity contribution is 9.10. The van der Waals surface area contributed by atoms with Gasteiger partial charge in [-0.05, 0) is 35.0 Å². The van der Waals surface area contributed by atoms with E-state index in [1.807, 2.05) is 0 Å². The lowest BCUT2D eigenvalue weighted by atomic mass is 10.3. The highest BCUT2D eigenvalue weighted by Crippen LogP contribution is 2.27. The number of benzene rings is 1. The van der Waals surface area contributed by atoms with Crippen LogP contribution in [0.1, 0.15) is 6.92 Å². The Morgan fingerprint density at radius 3 is 2.69 bits per heavy atom. The molecule has 0 saturated heterocycles. The molecule has 0 saturated carbocycles. The summed E-state index contributed by atoms with van der Waals surface area (Å²) in [4.78, 5) is 10.4. The van der Waals surface area contributed by atoms with Crippen LogP contribution in [0.4, 0.5) is 14.5 Å². The second-order valence-electron chi connectivity index (χ2n) is 2.84. The van der Waals surface area contributed by atoms with E-state index in [2.05, 4.69) is 26.5 Å². The molecule has 0 atom stereocenters. The molecule has 7 heteroatoms. The maximum Gasteiger partial charge on any atom is 0.351 e. The van der Waals surface area contributed by atoms with E-state index in [1.54, 1.807) is 0 Å². The third-order valence-electron chi connectivity index (χ3n) is 1.69. The molecule has 0 aliphatic rings. The number of nitrogens with one attached hydrogen (secondary N) is 1. The Morgan fingerprint density at radius 1 is 1.50 bits per heavy atom. The number of aliphatic carboxylic acids is 1. The number of hydrazone groups is 1. The van der Waals surface area contributed by atoms with Crippen molar-refractivity contribution in [2.24, 2.45) is 5.10 Å². The first-order valence-electron chi connectivity index (χ1n) is 4.10. The second kappa shape index (κ2) is 5.02. The Morgan fingerprint density at radius 2 is 2.12 bits per heavy atom. The third-order valence-corrected chi connectivity index (χ3v) is 2.46. The maximum atomic E-state index is 13.0. The Kier molecular flexibility index (Phi) is 3.94. The van der Waals surface area contributed by atoms with Crippen molar-refractivity contribution in [3.05, 3.63) is 28.2 Å². The lowest BCUT2D eigenvalue weighted by molar-refractivity contribution is -0.129. The summed E-state index contributed by atoms with van der Waals surface area (Å²) < 4.78 is 25.6. The van der Waals surface area contributed by atoms with Crippen molar-refractivity contribution in [2.45, 2.75) is 6.92 Å². The van der Waals surface area contributed by atoms with Crippen LogP contribution in [0.3, 0.4) is 0 Å². The standard InChI is InChI=1S/C9H7BrF2N2O2/c1-4(9(15)16)13-14-6-3-2-5(11)8(12)7(6)10/h2-3,14H,1H3,(H,15,16)/b13-4-. The summed E-state index contributed by atoms with van der Waals surface area (Å²) in [6.45, 7) is 1.27.